The van der Waals surface area contributed by atoms with Crippen LogP contribution >= 0.6 is 0 Å². The quantitative estimate of drug-likeness (QED) is 0.340. The second kappa shape index (κ2) is 5.49. The number of nitro benzene ring substituents is 1. The van der Waals surface area contributed by atoms with E-state index in [4.69, 9.17) is 0 Å². The van der Waals surface area contributed by atoms with E-state index in [9.17, 15) is 10.1 Å². The first-order chi connectivity index (χ1) is 10.6. The molecule has 2 heterocycles. The number of benzene rings is 1. The Kier molecular flexibility index (Phi) is 3.51. The van der Waals surface area contributed by atoms with Crippen molar-refractivity contribution in [2.45, 2.75) is 0 Å². The highest BCUT2D eigenvalue weighted by molar-refractivity contribution is 6.06. The van der Waals surface area contributed by atoms with E-state index >= 15 is 0 Å². The van der Waals surface area contributed by atoms with Gasteiger partial charge in [0.2, 0.25) is 5.95 Å². The summed E-state index contributed by atoms with van der Waals surface area (Å²) in [7, 11) is 3.80. The summed E-state index contributed by atoms with van der Waals surface area (Å²) < 4.78 is 0. The maximum absolute atomic E-state index is 11.5. The second-order valence-electron chi connectivity index (χ2n) is 5.13. The number of fused-ring (bicyclic) bond motifs is 2. The van der Waals surface area contributed by atoms with Gasteiger partial charge in [0.15, 0.2) is 5.52 Å². The van der Waals surface area contributed by atoms with E-state index in [2.05, 4.69) is 20.3 Å². The molecule has 0 aliphatic rings. The minimum Gasteiger partial charge on any atom is -0.341 e. The topological polar surface area (TPSA) is 97.1 Å². The van der Waals surface area contributed by atoms with E-state index < -0.39 is 4.92 Å². The van der Waals surface area contributed by atoms with Gasteiger partial charge in [0.05, 0.1) is 17.0 Å². The molecule has 2 aromatic heterocycles. The Bertz CT molecular complexity index is 864. The van der Waals surface area contributed by atoms with E-state index in [1.165, 1.54) is 6.20 Å². The molecule has 1 aromatic carbocycles. The summed E-state index contributed by atoms with van der Waals surface area (Å²) in [4.78, 5) is 25.5. The number of anilines is 1. The first kappa shape index (κ1) is 14.1. The van der Waals surface area contributed by atoms with Crippen LogP contribution in [0.2, 0.25) is 0 Å². The van der Waals surface area contributed by atoms with Crippen LogP contribution in [0.5, 0.6) is 0 Å². The molecule has 0 saturated carbocycles. The molecule has 0 aliphatic carbocycles. The van der Waals surface area contributed by atoms with Crippen LogP contribution in [0.4, 0.5) is 11.6 Å². The molecule has 0 unspecified atom stereocenters. The average molecular weight is 298 g/mol. The zero-order valence-electron chi connectivity index (χ0n) is 12.1. The van der Waals surface area contributed by atoms with Crippen LogP contribution in [-0.2, 0) is 0 Å². The molecule has 1 N–H and O–H groups in total. The van der Waals surface area contributed by atoms with Crippen LogP contribution in [0.3, 0.4) is 0 Å². The zero-order chi connectivity index (χ0) is 15.7. The number of nitro groups is 1. The zero-order valence-corrected chi connectivity index (χ0v) is 12.1. The maximum atomic E-state index is 11.5. The predicted molar refractivity (Wildman–Crippen MR) is 83.7 cm³/mol. The summed E-state index contributed by atoms with van der Waals surface area (Å²) in [5, 5.41) is 16.3. The molecular weight excluding hydrogens is 284 g/mol. The lowest BCUT2D eigenvalue weighted by Crippen LogP contribution is -2.21. The third-order valence-corrected chi connectivity index (χ3v) is 3.20. The van der Waals surface area contributed by atoms with E-state index in [1.807, 2.05) is 19.0 Å². The Morgan fingerprint density at radius 1 is 1.32 bits per heavy atom. The van der Waals surface area contributed by atoms with Crippen molar-refractivity contribution < 1.29 is 4.92 Å². The van der Waals surface area contributed by atoms with Gasteiger partial charge in [-0.25, -0.2) is 9.97 Å². The van der Waals surface area contributed by atoms with E-state index in [1.54, 1.807) is 24.5 Å². The lowest BCUT2D eigenvalue weighted by atomic mass is 10.1. The number of hydrogen-bond donors (Lipinski definition) is 1. The fourth-order valence-electron chi connectivity index (χ4n) is 2.22. The number of nitrogens with one attached hydrogen (secondary N) is 1. The highest BCUT2D eigenvalue weighted by Crippen LogP contribution is 2.32. The number of rotatable bonds is 4. The first-order valence-electron chi connectivity index (χ1n) is 6.63. The SMILES string of the molecule is CN(C)CNc1ncc2cc3cnccc3c([N+](=O)[O-])c2n1. The molecule has 0 fully saturated rings. The van der Waals surface area contributed by atoms with Gasteiger partial charge < -0.3 is 5.32 Å². The molecule has 8 heteroatoms. The molecule has 0 amide bonds. The Morgan fingerprint density at radius 3 is 2.86 bits per heavy atom. The van der Waals surface area contributed by atoms with Crippen molar-refractivity contribution in [2.75, 3.05) is 26.1 Å². The van der Waals surface area contributed by atoms with E-state index in [0.29, 0.717) is 34.3 Å². The molecule has 0 atom stereocenters. The molecule has 3 aromatic rings. The lowest BCUT2D eigenvalue weighted by molar-refractivity contribution is -0.381. The lowest BCUT2D eigenvalue weighted by Gasteiger charge is -2.11. The van der Waals surface area contributed by atoms with Crippen molar-refractivity contribution in [2.24, 2.45) is 0 Å². The molecule has 0 bridgehead atoms. The van der Waals surface area contributed by atoms with Crippen LogP contribution in [-0.4, -0.2) is 45.5 Å². The van der Waals surface area contributed by atoms with Crippen LogP contribution in [0.15, 0.2) is 30.7 Å². The molecular formula is C14H14N6O2. The van der Waals surface area contributed by atoms with Crippen molar-refractivity contribution >= 4 is 33.3 Å². The first-order valence-corrected chi connectivity index (χ1v) is 6.63. The number of pyridine rings is 1. The highest BCUT2D eigenvalue weighted by Gasteiger charge is 2.19. The number of nitrogens with zero attached hydrogens (tertiary/aromatic N) is 5. The van der Waals surface area contributed by atoms with Gasteiger partial charge >= 0.3 is 5.69 Å². The van der Waals surface area contributed by atoms with Gasteiger partial charge in [0, 0.05) is 29.4 Å². The summed E-state index contributed by atoms with van der Waals surface area (Å²) in [6, 6.07) is 3.43. The number of non-ortho nitro benzene ring substituents is 1. The number of aromatic nitrogens is 3. The van der Waals surface area contributed by atoms with Gasteiger partial charge in [0.1, 0.15) is 0 Å². The van der Waals surface area contributed by atoms with Crippen LogP contribution in [0, 0.1) is 10.1 Å². The third-order valence-electron chi connectivity index (χ3n) is 3.20. The summed E-state index contributed by atoms with van der Waals surface area (Å²) in [6.07, 6.45) is 4.72. The summed E-state index contributed by atoms with van der Waals surface area (Å²) >= 11 is 0. The fourth-order valence-corrected chi connectivity index (χ4v) is 2.22. The Balaban J connectivity index is 2.23. The molecule has 112 valence electrons. The van der Waals surface area contributed by atoms with Gasteiger partial charge in [-0.05, 0) is 26.2 Å². The summed E-state index contributed by atoms with van der Waals surface area (Å²) in [5.41, 5.74) is 0.296. The molecule has 0 aliphatic heterocycles. The van der Waals surface area contributed by atoms with Crippen molar-refractivity contribution in [3.63, 3.8) is 0 Å². The molecule has 0 radical (unpaired) electrons. The average Bonchev–Trinajstić information content (AvgIpc) is 2.50. The molecule has 22 heavy (non-hydrogen) atoms. The van der Waals surface area contributed by atoms with Gasteiger partial charge in [-0.1, -0.05) is 0 Å². The monoisotopic (exact) mass is 298 g/mol. The molecule has 8 nitrogen and oxygen atoms in total. The van der Waals surface area contributed by atoms with Crippen molar-refractivity contribution in [1.29, 1.82) is 0 Å². The number of hydrogen-bond acceptors (Lipinski definition) is 7. The summed E-state index contributed by atoms with van der Waals surface area (Å²) in [6.45, 7) is 0.538. The third kappa shape index (κ3) is 2.51. The smallest absolute Gasteiger partial charge is 0.303 e. The Hall–Kier alpha value is -2.87. The van der Waals surface area contributed by atoms with Crippen molar-refractivity contribution in [3.8, 4) is 0 Å². The predicted octanol–water partition coefficient (Wildman–Crippen LogP) is 2.02. The second-order valence-corrected chi connectivity index (χ2v) is 5.13. The van der Waals surface area contributed by atoms with Crippen LogP contribution in [0.1, 0.15) is 0 Å². The van der Waals surface area contributed by atoms with Crippen LogP contribution < -0.4 is 5.32 Å². The van der Waals surface area contributed by atoms with Crippen molar-refractivity contribution in [1.82, 2.24) is 19.9 Å². The van der Waals surface area contributed by atoms with Gasteiger partial charge in [-0.15, -0.1) is 0 Å². The molecule has 0 saturated heterocycles. The highest BCUT2D eigenvalue weighted by atomic mass is 16.6. The standard InChI is InChI=1S/C14H14N6O2/c1-19(2)8-17-14-16-7-10-5-9-6-15-4-3-11(9)13(20(21)22)12(10)18-14/h3-7H,8H2,1-2H3,(H,16,17,18). The largest absolute Gasteiger partial charge is 0.341 e. The van der Waals surface area contributed by atoms with Crippen LogP contribution in [0.25, 0.3) is 21.7 Å². The van der Waals surface area contributed by atoms with Gasteiger partial charge in [-0.2, -0.15) is 0 Å². The van der Waals surface area contributed by atoms with E-state index in [0.717, 1.165) is 0 Å². The van der Waals surface area contributed by atoms with Gasteiger partial charge in [0.25, 0.3) is 0 Å². The normalized spacial score (nSPS) is 11.2. The molecule has 0 spiro atoms. The fraction of sp³-hybridized carbons (Fsp3) is 0.214. The molecule has 3 rings (SSSR count). The minimum absolute atomic E-state index is 0.0230. The van der Waals surface area contributed by atoms with Gasteiger partial charge in [-0.3, -0.25) is 20.0 Å². The van der Waals surface area contributed by atoms with E-state index in [-0.39, 0.29) is 5.69 Å². The van der Waals surface area contributed by atoms with Crippen molar-refractivity contribution in [3.05, 3.63) is 40.8 Å². The Morgan fingerprint density at radius 2 is 2.14 bits per heavy atom. The minimum atomic E-state index is -0.409. The maximum Gasteiger partial charge on any atom is 0.303 e. The Labute approximate surface area is 126 Å². The summed E-state index contributed by atoms with van der Waals surface area (Å²) in [5.74, 6) is 0.359.